The molecule has 0 fully saturated rings. The molecule has 1 aromatic carbocycles. The number of halogens is 4. The first-order chi connectivity index (χ1) is 6.59. The van der Waals surface area contributed by atoms with Gasteiger partial charge in [0.2, 0.25) is 0 Å². The summed E-state index contributed by atoms with van der Waals surface area (Å²) in [7, 11) is 0. The van der Waals surface area contributed by atoms with Gasteiger partial charge in [-0.2, -0.15) is 0 Å². The van der Waals surface area contributed by atoms with Crippen LogP contribution >= 0.6 is 50.7 Å². The van der Waals surface area contributed by atoms with Crippen LogP contribution in [-0.2, 0) is 0 Å². The van der Waals surface area contributed by atoms with Gasteiger partial charge in [-0.1, -0.05) is 34.8 Å². The molecule has 0 N–H and O–H groups in total. The predicted molar refractivity (Wildman–Crippen MR) is 62.3 cm³/mol. The highest BCUT2D eigenvalue weighted by Gasteiger charge is 2.10. The summed E-state index contributed by atoms with van der Waals surface area (Å²) in [6.45, 7) is 0. The smallest absolute Gasteiger partial charge is 0.148 e. The number of hydrogen-bond donors (Lipinski definition) is 0. The summed E-state index contributed by atoms with van der Waals surface area (Å²) in [6, 6.07) is 3.30. The molecule has 0 unspecified atom stereocenters. The summed E-state index contributed by atoms with van der Waals surface area (Å²) in [4.78, 5) is 0. The van der Waals surface area contributed by atoms with E-state index >= 15 is 0 Å². The minimum absolute atomic E-state index is 0.439. The SMILES string of the molecule is Clc1cc(Cl)c2nnc(Br)c(Cl)c2c1. The Morgan fingerprint density at radius 1 is 1.07 bits per heavy atom. The quantitative estimate of drug-likeness (QED) is 0.722. The third kappa shape index (κ3) is 1.70. The lowest BCUT2D eigenvalue weighted by atomic mass is 10.2. The average molecular weight is 312 g/mol. The fourth-order valence-corrected chi connectivity index (χ4v) is 2.09. The monoisotopic (exact) mass is 310 g/mol. The molecule has 72 valence electrons. The van der Waals surface area contributed by atoms with E-state index in [0.717, 1.165) is 0 Å². The molecule has 0 saturated heterocycles. The van der Waals surface area contributed by atoms with Crippen LogP contribution in [-0.4, -0.2) is 10.2 Å². The molecule has 6 heteroatoms. The van der Waals surface area contributed by atoms with Crippen molar-refractivity contribution in [2.24, 2.45) is 0 Å². The van der Waals surface area contributed by atoms with Gasteiger partial charge in [0.15, 0.2) is 0 Å². The van der Waals surface area contributed by atoms with Gasteiger partial charge in [-0.15, -0.1) is 10.2 Å². The molecule has 1 aromatic heterocycles. The second-order valence-corrected chi connectivity index (χ2v) is 4.56. The first kappa shape index (κ1) is 10.4. The Labute approximate surface area is 103 Å². The molecule has 0 saturated carbocycles. The number of hydrogen-bond acceptors (Lipinski definition) is 2. The maximum Gasteiger partial charge on any atom is 0.148 e. The van der Waals surface area contributed by atoms with Crippen LogP contribution in [0.3, 0.4) is 0 Å². The number of aromatic nitrogens is 2. The Bertz CT molecular complexity index is 515. The molecule has 2 nitrogen and oxygen atoms in total. The van der Waals surface area contributed by atoms with Crippen molar-refractivity contribution < 1.29 is 0 Å². The van der Waals surface area contributed by atoms with Gasteiger partial charge in [0, 0.05) is 10.4 Å². The highest BCUT2D eigenvalue weighted by molar-refractivity contribution is 9.10. The van der Waals surface area contributed by atoms with E-state index in [4.69, 9.17) is 34.8 Å². The molecule has 0 aliphatic carbocycles. The molecule has 2 rings (SSSR count). The first-order valence-corrected chi connectivity index (χ1v) is 5.48. The minimum Gasteiger partial charge on any atom is -0.148 e. The maximum absolute atomic E-state index is 6.00. The van der Waals surface area contributed by atoms with Gasteiger partial charge in [-0.05, 0) is 28.1 Å². The number of rotatable bonds is 0. The molecular weight excluding hydrogens is 310 g/mol. The molecule has 0 aliphatic rings. The predicted octanol–water partition coefficient (Wildman–Crippen LogP) is 4.35. The average Bonchev–Trinajstić information content (AvgIpc) is 2.12. The lowest BCUT2D eigenvalue weighted by Gasteiger charge is -2.02. The number of benzene rings is 1. The molecule has 0 spiro atoms. The summed E-state index contributed by atoms with van der Waals surface area (Å²) in [5.41, 5.74) is 0.546. The molecule has 0 atom stereocenters. The van der Waals surface area contributed by atoms with Crippen molar-refractivity contribution in [3.63, 3.8) is 0 Å². The molecular formula is C8H2BrCl3N2. The zero-order chi connectivity index (χ0) is 10.3. The second-order valence-electron chi connectivity index (χ2n) is 2.59. The Kier molecular flexibility index (Phi) is 2.84. The van der Waals surface area contributed by atoms with Crippen molar-refractivity contribution >= 4 is 61.6 Å². The zero-order valence-electron chi connectivity index (χ0n) is 6.56. The molecule has 0 amide bonds. The lowest BCUT2D eigenvalue weighted by molar-refractivity contribution is 1.05. The molecule has 14 heavy (non-hydrogen) atoms. The maximum atomic E-state index is 6.00. The zero-order valence-corrected chi connectivity index (χ0v) is 10.4. The Hall–Kier alpha value is -0.0900. The minimum atomic E-state index is 0.439. The van der Waals surface area contributed by atoms with Gasteiger partial charge in [0.1, 0.15) is 10.1 Å². The normalized spacial score (nSPS) is 10.9. The van der Waals surface area contributed by atoms with E-state index in [-0.39, 0.29) is 0 Å². The van der Waals surface area contributed by atoms with Crippen LogP contribution in [0.25, 0.3) is 10.9 Å². The molecule has 0 aliphatic heterocycles. The molecule has 2 aromatic rings. The van der Waals surface area contributed by atoms with Crippen molar-refractivity contribution in [1.29, 1.82) is 0 Å². The summed E-state index contributed by atoms with van der Waals surface area (Å²) < 4.78 is 0.477. The van der Waals surface area contributed by atoms with E-state index < -0.39 is 0 Å². The topological polar surface area (TPSA) is 25.8 Å². The third-order valence-corrected chi connectivity index (χ3v) is 3.36. The van der Waals surface area contributed by atoms with Crippen molar-refractivity contribution in [1.82, 2.24) is 10.2 Å². The first-order valence-electron chi connectivity index (χ1n) is 3.56. The summed E-state index contributed by atoms with van der Waals surface area (Å²) in [6.07, 6.45) is 0. The van der Waals surface area contributed by atoms with Crippen LogP contribution < -0.4 is 0 Å². The highest BCUT2D eigenvalue weighted by Crippen LogP contribution is 2.33. The standard InChI is InChI=1S/C8H2BrCl3N2/c9-8-6(12)4-1-3(10)2-5(11)7(4)13-14-8/h1-2H. The summed E-state index contributed by atoms with van der Waals surface area (Å²) in [5.74, 6) is 0. The van der Waals surface area contributed by atoms with Crippen LogP contribution in [0.15, 0.2) is 16.7 Å². The third-order valence-electron chi connectivity index (χ3n) is 1.68. The van der Waals surface area contributed by atoms with Crippen molar-refractivity contribution in [2.75, 3.05) is 0 Å². The lowest BCUT2D eigenvalue weighted by Crippen LogP contribution is -1.88. The highest BCUT2D eigenvalue weighted by atomic mass is 79.9. The van der Waals surface area contributed by atoms with Crippen molar-refractivity contribution in [2.45, 2.75) is 0 Å². The molecule has 0 radical (unpaired) electrons. The van der Waals surface area contributed by atoms with Crippen molar-refractivity contribution in [3.05, 3.63) is 31.8 Å². The number of fused-ring (bicyclic) bond motifs is 1. The number of nitrogens with zero attached hydrogens (tertiary/aromatic N) is 2. The Morgan fingerprint density at radius 3 is 2.50 bits per heavy atom. The fourth-order valence-electron chi connectivity index (χ4n) is 1.08. The van der Waals surface area contributed by atoms with Crippen molar-refractivity contribution in [3.8, 4) is 0 Å². The molecule has 1 heterocycles. The van der Waals surface area contributed by atoms with Crippen LogP contribution in [0, 0.1) is 0 Å². The van der Waals surface area contributed by atoms with E-state index in [1.165, 1.54) is 0 Å². The van der Waals surface area contributed by atoms with Crippen LogP contribution in [0.1, 0.15) is 0 Å². The Balaban J connectivity index is 2.95. The van der Waals surface area contributed by atoms with Gasteiger partial charge in [0.25, 0.3) is 0 Å². The van der Waals surface area contributed by atoms with E-state index in [0.29, 0.717) is 30.6 Å². The van der Waals surface area contributed by atoms with Gasteiger partial charge in [0.05, 0.1) is 10.0 Å². The van der Waals surface area contributed by atoms with E-state index in [1.54, 1.807) is 12.1 Å². The van der Waals surface area contributed by atoms with E-state index in [2.05, 4.69) is 26.1 Å². The Morgan fingerprint density at radius 2 is 1.79 bits per heavy atom. The van der Waals surface area contributed by atoms with E-state index in [9.17, 15) is 0 Å². The largest absolute Gasteiger partial charge is 0.148 e. The second kappa shape index (κ2) is 3.81. The van der Waals surface area contributed by atoms with Gasteiger partial charge in [-0.25, -0.2) is 0 Å². The van der Waals surface area contributed by atoms with E-state index in [1.807, 2.05) is 0 Å². The molecule has 0 bridgehead atoms. The summed E-state index contributed by atoms with van der Waals surface area (Å²) in [5, 5.41) is 9.82. The van der Waals surface area contributed by atoms with Crippen LogP contribution in [0.2, 0.25) is 15.1 Å². The fraction of sp³-hybridized carbons (Fsp3) is 0. The van der Waals surface area contributed by atoms with Crippen LogP contribution in [0.4, 0.5) is 0 Å². The van der Waals surface area contributed by atoms with Crippen LogP contribution in [0.5, 0.6) is 0 Å². The van der Waals surface area contributed by atoms with Gasteiger partial charge >= 0.3 is 0 Å². The summed E-state index contributed by atoms with van der Waals surface area (Å²) >= 11 is 20.9. The van der Waals surface area contributed by atoms with Gasteiger partial charge in [-0.3, -0.25) is 0 Å². The van der Waals surface area contributed by atoms with Gasteiger partial charge < -0.3 is 0 Å².